The fourth-order valence-corrected chi connectivity index (χ4v) is 8.82. The average molecular weight is 649 g/mol. The molecule has 3 unspecified atom stereocenters. The van der Waals surface area contributed by atoms with Crippen molar-refractivity contribution in [1.82, 2.24) is 5.32 Å². The SMILES string of the molecule is CC(=O)OC1C(C)=C[C@@H]2[C@@H](C(C)COC(=O)C(C)C)CC[C@@H](C)[C@]2(O)C1[C@H]1[C@@H](C(=O)O)N[C@@H]2ON(C)c3c(Cl)cccc3[C@@]21O. The van der Waals surface area contributed by atoms with Gasteiger partial charge < -0.3 is 24.8 Å². The van der Waals surface area contributed by atoms with Crippen LogP contribution in [0.5, 0.6) is 0 Å². The molecule has 1 saturated carbocycles. The van der Waals surface area contributed by atoms with Crippen molar-refractivity contribution in [3.63, 3.8) is 0 Å². The number of carbonyl (C=O) groups is 3. The molecule has 0 radical (unpaired) electrons. The topological polar surface area (TPSA) is 155 Å². The van der Waals surface area contributed by atoms with Gasteiger partial charge in [0.1, 0.15) is 17.7 Å². The van der Waals surface area contributed by atoms with Crippen molar-refractivity contribution in [2.24, 2.45) is 41.4 Å². The number of aliphatic hydroxyl groups is 2. The van der Waals surface area contributed by atoms with Crippen molar-refractivity contribution in [3.05, 3.63) is 40.4 Å². The number of fused-ring (bicyclic) bond motifs is 4. The molecule has 0 amide bonds. The van der Waals surface area contributed by atoms with Crippen LogP contribution < -0.4 is 10.4 Å². The van der Waals surface area contributed by atoms with E-state index in [1.54, 1.807) is 46.0 Å². The minimum absolute atomic E-state index is 0.147. The lowest BCUT2D eigenvalue weighted by molar-refractivity contribution is -0.228. The summed E-state index contributed by atoms with van der Waals surface area (Å²) >= 11 is 6.60. The molecule has 12 heteroatoms. The maximum Gasteiger partial charge on any atom is 0.321 e. The zero-order valence-electron chi connectivity index (χ0n) is 26.8. The summed E-state index contributed by atoms with van der Waals surface area (Å²) in [6.07, 6.45) is 0.986. The minimum atomic E-state index is -2.00. The van der Waals surface area contributed by atoms with Crippen LogP contribution in [-0.4, -0.2) is 70.9 Å². The summed E-state index contributed by atoms with van der Waals surface area (Å²) in [5.74, 6) is -5.95. The van der Waals surface area contributed by atoms with Crippen LogP contribution in [0.2, 0.25) is 5.02 Å². The number of rotatable bonds is 7. The molecule has 0 aromatic heterocycles. The molecule has 1 aromatic carbocycles. The molecule has 2 fully saturated rings. The lowest BCUT2D eigenvalue weighted by Gasteiger charge is -2.60. The summed E-state index contributed by atoms with van der Waals surface area (Å²) in [5, 5.41) is 41.3. The number of carbonyl (C=O) groups excluding carboxylic acids is 2. The van der Waals surface area contributed by atoms with Gasteiger partial charge in [-0.2, -0.15) is 0 Å². The second-order valence-corrected chi connectivity index (χ2v) is 14.1. The Hall–Kier alpha value is -2.70. The van der Waals surface area contributed by atoms with Gasteiger partial charge in [-0.1, -0.05) is 57.5 Å². The molecule has 11 atom stereocenters. The highest BCUT2D eigenvalue weighted by molar-refractivity contribution is 6.33. The molecule has 0 spiro atoms. The number of esters is 2. The van der Waals surface area contributed by atoms with Crippen molar-refractivity contribution in [2.75, 3.05) is 18.7 Å². The average Bonchev–Trinajstić information content (AvgIpc) is 3.26. The van der Waals surface area contributed by atoms with E-state index in [0.29, 0.717) is 28.3 Å². The molecule has 4 N–H and O–H groups in total. The van der Waals surface area contributed by atoms with Crippen LogP contribution in [0.3, 0.4) is 0 Å². The number of anilines is 1. The Bertz CT molecular complexity index is 1390. The third kappa shape index (κ3) is 5.34. The van der Waals surface area contributed by atoms with Crippen LogP contribution >= 0.6 is 11.6 Å². The maximum atomic E-state index is 13.2. The highest BCUT2D eigenvalue weighted by Gasteiger charge is 2.71. The third-order valence-corrected chi connectivity index (χ3v) is 11.0. The predicted octanol–water partition coefficient (Wildman–Crippen LogP) is 3.64. The van der Waals surface area contributed by atoms with E-state index >= 15 is 0 Å². The quantitative estimate of drug-likeness (QED) is 0.253. The smallest absolute Gasteiger partial charge is 0.321 e. The summed E-state index contributed by atoms with van der Waals surface area (Å²) in [5.41, 5.74) is -2.26. The first-order valence-corrected chi connectivity index (χ1v) is 16.1. The van der Waals surface area contributed by atoms with E-state index in [9.17, 15) is 29.7 Å². The van der Waals surface area contributed by atoms with Gasteiger partial charge in [0.2, 0.25) is 0 Å². The van der Waals surface area contributed by atoms with E-state index in [1.165, 1.54) is 12.0 Å². The summed E-state index contributed by atoms with van der Waals surface area (Å²) < 4.78 is 11.5. The molecule has 11 nitrogen and oxygen atoms in total. The molecule has 4 aliphatic rings. The van der Waals surface area contributed by atoms with Gasteiger partial charge in [-0.25, -0.2) is 0 Å². The number of carboxylic acid groups (broad SMARTS) is 1. The largest absolute Gasteiger partial charge is 0.480 e. The number of carboxylic acids is 1. The Balaban J connectivity index is 1.69. The summed E-state index contributed by atoms with van der Waals surface area (Å²) in [4.78, 5) is 44.0. The van der Waals surface area contributed by atoms with Gasteiger partial charge in [-0.15, -0.1) is 0 Å². The van der Waals surface area contributed by atoms with Crippen molar-refractivity contribution in [2.45, 2.75) is 84.0 Å². The first-order chi connectivity index (χ1) is 21.0. The highest BCUT2D eigenvalue weighted by atomic mass is 35.5. The predicted molar refractivity (Wildman–Crippen MR) is 165 cm³/mol. The van der Waals surface area contributed by atoms with Crippen LogP contribution in [0.25, 0.3) is 0 Å². The van der Waals surface area contributed by atoms with E-state index in [1.807, 2.05) is 19.9 Å². The number of halogens is 1. The van der Waals surface area contributed by atoms with Crippen molar-refractivity contribution >= 4 is 35.2 Å². The fourth-order valence-electron chi connectivity index (χ4n) is 8.53. The van der Waals surface area contributed by atoms with Gasteiger partial charge in [0.05, 0.1) is 28.8 Å². The summed E-state index contributed by atoms with van der Waals surface area (Å²) in [7, 11) is 1.62. The van der Waals surface area contributed by atoms with Gasteiger partial charge in [0.25, 0.3) is 0 Å². The maximum absolute atomic E-state index is 13.2. The zero-order valence-corrected chi connectivity index (χ0v) is 27.6. The molecule has 5 rings (SSSR count). The standard InChI is InChI=1S/C33H45ClN2O9/c1-15(2)30(40)43-14-17(4)20-12-11-18(5)32(41)22(20)13-16(3)28(44-19(6)37)25(32)24-26(29(38)39)35-31-33(24,42)21-9-8-10-23(34)27(21)36(7)45-31/h8-10,13,15,17-18,20,22,24-26,28,31,35,41-42H,11-12,14H2,1-7H3,(H,38,39)/t17?,18-,20-,22-,24+,25?,26+,28?,31-,32-,33+/m1/s1. The van der Waals surface area contributed by atoms with Crippen molar-refractivity contribution in [1.29, 1.82) is 0 Å². The number of hydrogen-bond acceptors (Lipinski definition) is 10. The lowest BCUT2D eigenvalue weighted by Crippen LogP contribution is -2.67. The van der Waals surface area contributed by atoms with Crippen molar-refractivity contribution < 1.29 is 44.0 Å². The summed E-state index contributed by atoms with van der Waals surface area (Å²) in [6, 6.07) is 3.61. The molecule has 2 aliphatic carbocycles. The molecule has 0 bridgehead atoms. The van der Waals surface area contributed by atoms with Crippen molar-refractivity contribution in [3.8, 4) is 0 Å². The Kier molecular flexibility index (Phi) is 9.09. The molecule has 248 valence electrons. The first kappa shape index (κ1) is 33.7. The van der Waals surface area contributed by atoms with Gasteiger partial charge in [0.15, 0.2) is 6.23 Å². The van der Waals surface area contributed by atoms with Crippen LogP contribution in [0.1, 0.15) is 59.9 Å². The third-order valence-electron chi connectivity index (χ3n) is 10.7. The van der Waals surface area contributed by atoms with Gasteiger partial charge in [-0.05, 0) is 49.2 Å². The second-order valence-electron chi connectivity index (χ2n) is 13.7. The number of benzene rings is 1. The number of ether oxygens (including phenoxy) is 2. The number of hydrogen-bond donors (Lipinski definition) is 4. The lowest BCUT2D eigenvalue weighted by atomic mass is 9.49. The molecule has 2 heterocycles. The van der Waals surface area contributed by atoms with E-state index in [2.05, 4.69) is 5.32 Å². The number of para-hydroxylation sites is 1. The first-order valence-electron chi connectivity index (χ1n) is 15.7. The summed E-state index contributed by atoms with van der Waals surface area (Å²) in [6.45, 7) is 10.7. The van der Waals surface area contributed by atoms with Crippen LogP contribution in [-0.2, 0) is 34.3 Å². The fraction of sp³-hybridized carbons (Fsp3) is 0.667. The number of hydroxylamine groups is 1. The molecule has 1 saturated heterocycles. The van der Waals surface area contributed by atoms with E-state index in [0.717, 1.165) is 6.42 Å². The molecule has 45 heavy (non-hydrogen) atoms. The Morgan fingerprint density at radius 2 is 1.87 bits per heavy atom. The zero-order chi connectivity index (χ0) is 33.2. The Morgan fingerprint density at radius 3 is 2.49 bits per heavy atom. The van der Waals surface area contributed by atoms with E-state index in [-0.39, 0.29) is 36.2 Å². The van der Waals surface area contributed by atoms with Gasteiger partial charge >= 0.3 is 17.9 Å². The van der Waals surface area contributed by atoms with Crippen LogP contribution in [0.15, 0.2) is 29.8 Å². The number of aliphatic carboxylic acids is 1. The van der Waals surface area contributed by atoms with Crippen LogP contribution in [0, 0.1) is 41.4 Å². The van der Waals surface area contributed by atoms with Gasteiger partial charge in [-0.3, -0.25) is 29.6 Å². The van der Waals surface area contributed by atoms with E-state index < -0.39 is 59.3 Å². The minimum Gasteiger partial charge on any atom is -0.480 e. The normalized spacial score (nSPS) is 38.0. The molecule has 1 aromatic rings. The highest BCUT2D eigenvalue weighted by Crippen LogP contribution is 2.61. The Morgan fingerprint density at radius 1 is 1.18 bits per heavy atom. The molecule has 2 aliphatic heterocycles. The monoisotopic (exact) mass is 648 g/mol. The van der Waals surface area contributed by atoms with Crippen LogP contribution in [0.4, 0.5) is 5.69 Å². The number of nitrogens with zero attached hydrogens (tertiary/aromatic N) is 1. The molecular weight excluding hydrogens is 604 g/mol. The van der Waals surface area contributed by atoms with Gasteiger partial charge in [0, 0.05) is 37.3 Å². The molecular formula is C33H45ClN2O9. The number of nitrogens with one attached hydrogen (secondary N) is 1. The second kappa shape index (κ2) is 12.2. The Labute approximate surface area is 268 Å². The van der Waals surface area contributed by atoms with E-state index in [4.69, 9.17) is 25.9 Å².